The molecule has 20 heavy (non-hydrogen) atoms. The van der Waals surface area contributed by atoms with E-state index in [2.05, 4.69) is 0 Å². The Morgan fingerprint density at radius 1 is 0.450 bits per heavy atom. The predicted octanol–water partition coefficient (Wildman–Crippen LogP) is 5.14. The van der Waals surface area contributed by atoms with E-state index in [9.17, 15) is 17.6 Å². The molecule has 4 aromatic rings. The van der Waals surface area contributed by atoms with Gasteiger partial charge in [-0.1, -0.05) is 24.3 Å². The number of rotatable bonds is 0. The number of hydrogen-bond acceptors (Lipinski definition) is 0. The van der Waals surface area contributed by atoms with Gasteiger partial charge >= 0.3 is 0 Å². The molecule has 0 fully saturated rings. The third-order valence-corrected chi connectivity index (χ3v) is 3.70. The van der Waals surface area contributed by atoms with Crippen molar-refractivity contribution in [1.82, 2.24) is 0 Å². The van der Waals surface area contributed by atoms with Crippen molar-refractivity contribution in [2.24, 2.45) is 0 Å². The van der Waals surface area contributed by atoms with Gasteiger partial charge in [0.15, 0.2) is 0 Å². The Kier molecular flexibility index (Phi) is 2.06. The standard InChI is InChI=1S/C16H6F4/c17-11-5-13(19)9-3-4-10-14(20)6-12(18)8-2-1-7(11)15(9)16(8)10/h1-6H. The largest absolute Gasteiger partial charge is 0.206 e. The van der Waals surface area contributed by atoms with Gasteiger partial charge in [-0.25, -0.2) is 17.6 Å². The lowest BCUT2D eigenvalue weighted by molar-refractivity contribution is 0.596. The van der Waals surface area contributed by atoms with Crippen molar-refractivity contribution in [2.75, 3.05) is 0 Å². The second kappa shape index (κ2) is 3.60. The fraction of sp³-hybridized carbons (Fsp3) is 0. The minimum absolute atomic E-state index is 0.157. The van der Waals surface area contributed by atoms with Crippen LogP contribution in [0.15, 0.2) is 36.4 Å². The fourth-order valence-corrected chi connectivity index (χ4v) is 2.83. The molecule has 0 bridgehead atoms. The molecule has 4 aromatic carbocycles. The summed E-state index contributed by atoms with van der Waals surface area (Å²) in [7, 11) is 0. The smallest absolute Gasteiger partial charge is 0.134 e. The Hall–Kier alpha value is -2.36. The molecule has 0 spiro atoms. The highest BCUT2D eigenvalue weighted by molar-refractivity contribution is 6.23. The maximum atomic E-state index is 13.9. The van der Waals surface area contributed by atoms with Crippen molar-refractivity contribution in [3.8, 4) is 0 Å². The Balaban J connectivity index is 2.47. The molecule has 0 radical (unpaired) electrons. The molecule has 0 nitrogen and oxygen atoms in total. The van der Waals surface area contributed by atoms with Crippen LogP contribution in [-0.4, -0.2) is 0 Å². The summed E-state index contributed by atoms with van der Waals surface area (Å²) in [5, 5.41) is 1.06. The van der Waals surface area contributed by atoms with E-state index in [0.717, 1.165) is 12.1 Å². The van der Waals surface area contributed by atoms with Crippen LogP contribution in [0.5, 0.6) is 0 Å². The zero-order valence-electron chi connectivity index (χ0n) is 9.98. The highest BCUT2D eigenvalue weighted by Crippen LogP contribution is 2.38. The van der Waals surface area contributed by atoms with Crippen LogP contribution in [0.3, 0.4) is 0 Å². The monoisotopic (exact) mass is 274 g/mol. The second-order valence-corrected chi connectivity index (χ2v) is 4.75. The lowest BCUT2D eigenvalue weighted by Crippen LogP contribution is -1.93. The van der Waals surface area contributed by atoms with Crippen molar-refractivity contribution in [3.63, 3.8) is 0 Å². The SMILES string of the molecule is Fc1cc(F)c2ccc3c(F)cc(F)c4ccc1c2c43. The molecule has 4 rings (SSSR count). The Bertz CT molecular complexity index is 835. The highest BCUT2D eigenvalue weighted by atomic mass is 19.1. The van der Waals surface area contributed by atoms with E-state index in [4.69, 9.17) is 0 Å². The minimum Gasteiger partial charge on any atom is -0.206 e. The minimum atomic E-state index is -0.742. The average Bonchev–Trinajstić information content (AvgIpc) is 2.42. The van der Waals surface area contributed by atoms with Gasteiger partial charge in [0, 0.05) is 44.5 Å². The van der Waals surface area contributed by atoms with Gasteiger partial charge in [0.2, 0.25) is 0 Å². The van der Waals surface area contributed by atoms with Crippen LogP contribution in [0.4, 0.5) is 17.6 Å². The van der Waals surface area contributed by atoms with Gasteiger partial charge in [-0.3, -0.25) is 0 Å². The third-order valence-electron chi connectivity index (χ3n) is 3.70. The predicted molar refractivity (Wildman–Crippen MR) is 70.0 cm³/mol. The zero-order chi connectivity index (χ0) is 14.0. The van der Waals surface area contributed by atoms with Crippen LogP contribution >= 0.6 is 0 Å². The maximum Gasteiger partial charge on any atom is 0.134 e. The molecule has 0 N–H and O–H groups in total. The van der Waals surface area contributed by atoms with Crippen LogP contribution in [0.1, 0.15) is 0 Å². The van der Waals surface area contributed by atoms with Gasteiger partial charge in [0.25, 0.3) is 0 Å². The maximum absolute atomic E-state index is 13.9. The highest BCUT2D eigenvalue weighted by Gasteiger charge is 2.18. The molecule has 0 atom stereocenters. The van der Waals surface area contributed by atoms with Crippen molar-refractivity contribution in [1.29, 1.82) is 0 Å². The first-order valence-electron chi connectivity index (χ1n) is 5.98. The molecule has 98 valence electrons. The van der Waals surface area contributed by atoms with Gasteiger partial charge < -0.3 is 0 Å². The molecule has 0 aliphatic heterocycles. The van der Waals surface area contributed by atoms with Crippen LogP contribution in [0.2, 0.25) is 0 Å². The number of benzene rings is 4. The number of hydrogen-bond donors (Lipinski definition) is 0. The van der Waals surface area contributed by atoms with Crippen LogP contribution in [0, 0.1) is 23.3 Å². The Labute approximate surface area is 110 Å². The summed E-state index contributed by atoms with van der Waals surface area (Å²) in [4.78, 5) is 0. The fourth-order valence-electron chi connectivity index (χ4n) is 2.83. The molecule has 0 heterocycles. The van der Waals surface area contributed by atoms with Crippen molar-refractivity contribution in [2.45, 2.75) is 0 Å². The van der Waals surface area contributed by atoms with Crippen molar-refractivity contribution in [3.05, 3.63) is 59.7 Å². The molecule has 0 saturated carbocycles. The Morgan fingerprint density at radius 3 is 0.950 bits per heavy atom. The summed E-state index contributed by atoms with van der Waals surface area (Å²) in [6, 6.07) is 7.13. The summed E-state index contributed by atoms with van der Waals surface area (Å²) < 4.78 is 55.4. The van der Waals surface area contributed by atoms with Crippen LogP contribution in [-0.2, 0) is 0 Å². The molecule has 0 aliphatic carbocycles. The van der Waals surface area contributed by atoms with E-state index in [1.807, 2.05) is 0 Å². The molecule has 0 unspecified atom stereocenters. The van der Waals surface area contributed by atoms with E-state index in [1.54, 1.807) is 0 Å². The summed E-state index contributed by atoms with van der Waals surface area (Å²) in [6.07, 6.45) is 0. The van der Waals surface area contributed by atoms with Gasteiger partial charge in [0.05, 0.1) is 0 Å². The average molecular weight is 274 g/mol. The first kappa shape index (κ1) is 11.5. The topological polar surface area (TPSA) is 0 Å². The van der Waals surface area contributed by atoms with E-state index in [0.29, 0.717) is 0 Å². The summed E-state index contributed by atoms with van der Waals surface area (Å²) in [6.45, 7) is 0. The summed E-state index contributed by atoms with van der Waals surface area (Å²) in [5.41, 5.74) is 0. The molecule has 0 aliphatic rings. The summed E-state index contributed by atoms with van der Waals surface area (Å²) >= 11 is 0. The second-order valence-electron chi connectivity index (χ2n) is 4.75. The first-order chi connectivity index (χ1) is 9.58. The van der Waals surface area contributed by atoms with Gasteiger partial charge in [-0.2, -0.15) is 0 Å². The van der Waals surface area contributed by atoms with Gasteiger partial charge in [0.1, 0.15) is 23.3 Å². The first-order valence-corrected chi connectivity index (χ1v) is 5.98. The number of halogens is 4. The third kappa shape index (κ3) is 1.26. The Morgan fingerprint density at radius 2 is 0.700 bits per heavy atom. The van der Waals surface area contributed by atoms with E-state index >= 15 is 0 Å². The normalized spacial score (nSPS) is 12.0. The van der Waals surface area contributed by atoms with Crippen molar-refractivity contribution < 1.29 is 17.6 Å². The zero-order valence-corrected chi connectivity index (χ0v) is 9.98. The molecular formula is C16H6F4. The van der Waals surface area contributed by atoms with Crippen LogP contribution < -0.4 is 0 Å². The molecular weight excluding hydrogens is 268 g/mol. The molecule has 0 amide bonds. The van der Waals surface area contributed by atoms with Gasteiger partial charge in [-0.15, -0.1) is 0 Å². The van der Waals surface area contributed by atoms with E-state index < -0.39 is 23.3 Å². The van der Waals surface area contributed by atoms with Crippen molar-refractivity contribution >= 4 is 32.3 Å². The van der Waals surface area contributed by atoms with Gasteiger partial charge in [-0.05, 0) is 0 Å². The molecule has 0 aromatic heterocycles. The van der Waals surface area contributed by atoms with E-state index in [-0.39, 0.29) is 32.3 Å². The summed E-state index contributed by atoms with van der Waals surface area (Å²) in [5.74, 6) is -2.97. The molecule has 0 saturated heterocycles. The lowest BCUT2D eigenvalue weighted by Gasteiger charge is -2.12. The molecule has 4 heteroatoms. The van der Waals surface area contributed by atoms with Crippen LogP contribution in [0.25, 0.3) is 32.3 Å². The lowest BCUT2D eigenvalue weighted by atomic mass is 9.93. The quantitative estimate of drug-likeness (QED) is 0.307. The van der Waals surface area contributed by atoms with E-state index in [1.165, 1.54) is 24.3 Å².